The summed E-state index contributed by atoms with van der Waals surface area (Å²) in [6.07, 6.45) is 5.05. The fourth-order valence-electron chi connectivity index (χ4n) is 5.79. The summed E-state index contributed by atoms with van der Waals surface area (Å²) >= 11 is 0. The summed E-state index contributed by atoms with van der Waals surface area (Å²) < 4.78 is 11.4. The van der Waals surface area contributed by atoms with Gasteiger partial charge in [-0.1, -0.05) is 0 Å². The van der Waals surface area contributed by atoms with Crippen molar-refractivity contribution in [2.75, 3.05) is 58.0 Å². The summed E-state index contributed by atoms with van der Waals surface area (Å²) in [6.45, 7) is 13.2. The van der Waals surface area contributed by atoms with Crippen LogP contribution in [0, 0.1) is 32.1 Å². The Bertz CT molecular complexity index is 691. The van der Waals surface area contributed by atoms with Gasteiger partial charge in [0.05, 0.1) is 19.8 Å². The molecule has 0 radical (unpaired) electrons. The smallest absolute Gasteiger partial charge is 0.135 e. The third-order valence-electron chi connectivity index (χ3n) is 7.42. The van der Waals surface area contributed by atoms with Gasteiger partial charge in [-0.05, 0) is 52.4 Å². The fourth-order valence-corrected chi connectivity index (χ4v) is 5.79. The Kier molecular flexibility index (Phi) is 5.91. The van der Waals surface area contributed by atoms with E-state index < -0.39 is 0 Å². The molecule has 1 aromatic heterocycles. The summed E-state index contributed by atoms with van der Waals surface area (Å²) in [5.41, 5.74) is 2.56. The molecule has 1 aromatic rings. The van der Waals surface area contributed by atoms with Gasteiger partial charge < -0.3 is 14.4 Å². The van der Waals surface area contributed by atoms with Gasteiger partial charge in [-0.25, -0.2) is 9.97 Å². The maximum atomic E-state index is 5.79. The Morgan fingerprint density at radius 1 is 1.11 bits per heavy atom. The van der Waals surface area contributed by atoms with Gasteiger partial charge in [0, 0.05) is 56.0 Å². The topological polar surface area (TPSA) is 50.7 Å². The number of aromatic nitrogens is 2. The van der Waals surface area contributed by atoms with Crippen LogP contribution in [0.25, 0.3) is 0 Å². The molecule has 3 fully saturated rings. The predicted octanol–water partition coefficient (Wildman–Crippen LogP) is 2.75. The number of hydrogen-bond acceptors (Lipinski definition) is 6. The average molecular weight is 389 g/mol. The van der Waals surface area contributed by atoms with Crippen LogP contribution in [0.5, 0.6) is 0 Å². The molecular formula is C22H36N4O2. The lowest BCUT2D eigenvalue weighted by atomic mass is 9.61. The highest BCUT2D eigenvalue weighted by molar-refractivity contribution is 5.49. The van der Waals surface area contributed by atoms with Crippen molar-refractivity contribution in [2.45, 2.75) is 52.5 Å². The van der Waals surface area contributed by atoms with Crippen molar-refractivity contribution in [3.05, 3.63) is 17.1 Å². The van der Waals surface area contributed by atoms with Gasteiger partial charge in [-0.3, -0.25) is 4.90 Å². The van der Waals surface area contributed by atoms with E-state index in [4.69, 9.17) is 14.5 Å². The largest absolute Gasteiger partial charge is 0.384 e. The Labute approximate surface area is 169 Å². The zero-order valence-corrected chi connectivity index (χ0v) is 18.0. The normalized spacial score (nSPS) is 31.6. The molecule has 3 aliphatic rings. The van der Waals surface area contributed by atoms with E-state index in [0.29, 0.717) is 0 Å². The van der Waals surface area contributed by atoms with Crippen LogP contribution in [0.1, 0.15) is 42.8 Å². The van der Waals surface area contributed by atoms with E-state index in [1.807, 2.05) is 14.0 Å². The first kappa shape index (κ1) is 20.0. The van der Waals surface area contributed by atoms with Crippen LogP contribution >= 0.6 is 0 Å². The van der Waals surface area contributed by atoms with Crippen molar-refractivity contribution in [3.63, 3.8) is 0 Å². The highest BCUT2D eigenvalue weighted by Crippen LogP contribution is 2.48. The zero-order valence-electron chi connectivity index (χ0n) is 18.0. The first-order chi connectivity index (χ1) is 13.5. The van der Waals surface area contributed by atoms with Gasteiger partial charge in [-0.2, -0.15) is 0 Å². The van der Waals surface area contributed by atoms with Crippen molar-refractivity contribution in [2.24, 2.45) is 11.3 Å². The lowest BCUT2D eigenvalue weighted by molar-refractivity contribution is -0.0540. The molecule has 3 atom stereocenters. The van der Waals surface area contributed by atoms with E-state index in [1.165, 1.54) is 31.2 Å². The molecule has 1 saturated carbocycles. The van der Waals surface area contributed by atoms with Crippen LogP contribution in [-0.4, -0.2) is 74.0 Å². The molecule has 156 valence electrons. The monoisotopic (exact) mass is 388 g/mol. The lowest BCUT2D eigenvalue weighted by Crippen LogP contribution is -2.57. The van der Waals surface area contributed by atoms with E-state index in [-0.39, 0.29) is 5.41 Å². The van der Waals surface area contributed by atoms with Gasteiger partial charge in [0.25, 0.3) is 0 Å². The van der Waals surface area contributed by atoms with Gasteiger partial charge >= 0.3 is 0 Å². The molecule has 0 amide bonds. The van der Waals surface area contributed by atoms with Crippen molar-refractivity contribution in [1.29, 1.82) is 0 Å². The first-order valence-corrected chi connectivity index (χ1v) is 10.9. The van der Waals surface area contributed by atoms with E-state index in [1.54, 1.807) is 0 Å². The zero-order chi connectivity index (χ0) is 19.7. The Balaban J connectivity index is 1.53. The number of fused-ring (bicyclic) bond motifs is 1. The quantitative estimate of drug-likeness (QED) is 0.791. The molecule has 0 aromatic carbocycles. The summed E-state index contributed by atoms with van der Waals surface area (Å²) in [5, 5.41) is 0. The molecule has 0 unspecified atom stereocenters. The number of rotatable bonds is 4. The van der Waals surface area contributed by atoms with Crippen molar-refractivity contribution < 1.29 is 9.47 Å². The fraction of sp³-hybridized carbons (Fsp3) is 0.818. The molecule has 6 nitrogen and oxygen atoms in total. The molecule has 28 heavy (non-hydrogen) atoms. The minimum atomic E-state index is 0.245. The second kappa shape index (κ2) is 8.25. The maximum Gasteiger partial charge on any atom is 0.135 e. The second-order valence-corrected chi connectivity index (χ2v) is 9.08. The SMILES string of the molecule is COC[C@@]12CC[C@@H](N3CCOCC3)C[C@H]1CCN(c1nc(C)nc(C)c1C)C2. The Morgan fingerprint density at radius 2 is 1.89 bits per heavy atom. The number of piperidine rings is 1. The third-order valence-corrected chi connectivity index (χ3v) is 7.42. The minimum absolute atomic E-state index is 0.245. The molecule has 0 bridgehead atoms. The molecule has 0 spiro atoms. The van der Waals surface area contributed by atoms with Gasteiger partial charge in [-0.15, -0.1) is 0 Å². The second-order valence-electron chi connectivity index (χ2n) is 9.08. The molecular weight excluding hydrogens is 352 g/mol. The number of nitrogens with zero attached hydrogens (tertiary/aromatic N) is 4. The molecule has 4 rings (SSSR count). The number of aryl methyl sites for hydroxylation is 2. The van der Waals surface area contributed by atoms with Crippen molar-refractivity contribution in [1.82, 2.24) is 14.9 Å². The van der Waals surface area contributed by atoms with E-state index >= 15 is 0 Å². The van der Waals surface area contributed by atoms with Crippen LogP contribution in [-0.2, 0) is 9.47 Å². The lowest BCUT2D eigenvalue weighted by Gasteiger charge is -2.54. The van der Waals surface area contributed by atoms with Crippen molar-refractivity contribution >= 4 is 5.82 Å². The Morgan fingerprint density at radius 3 is 2.64 bits per heavy atom. The molecule has 0 N–H and O–H groups in total. The van der Waals surface area contributed by atoms with E-state index in [9.17, 15) is 0 Å². The van der Waals surface area contributed by atoms with Crippen molar-refractivity contribution in [3.8, 4) is 0 Å². The number of morpholine rings is 1. The molecule has 3 heterocycles. The summed E-state index contributed by atoms with van der Waals surface area (Å²) in [7, 11) is 1.86. The number of methoxy groups -OCH3 is 1. The van der Waals surface area contributed by atoms with Crippen LogP contribution in [0.15, 0.2) is 0 Å². The Hall–Kier alpha value is -1.24. The molecule has 2 aliphatic heterocycles. The molecule has 2 saturated heterocycles. The van der Waals surface area contributed by atoms with E-state index in [0.717, 1.165) is 75.3 Å². The highest BCUT2D eigenvalue weighted by Gasteiger charge is 2.48. The van der Waals surface area contributed by atoms with Crippen LogP contribution in [0.2, 0.25) is 0 Å². The minimum Gasteiger partial charge on any atom is -0.384 e. The third kappa shape index (κ3) is 3.79. The van der Waals surface area contributed by atoms with Crippen LogP contribution in [0.4, 0.5) is 5.82 Å². The first-order valence-electron chi connectivity index (χ1n) is 10.9. The molecule has 6 heteroatoms. The average Bonchev–Trinajstić information content (AvgIpc) is 2.70. The van der Waals surface area contributed by atoms with Crippen LogP contribution in [0.3, 0.4) is 0 Å². The maximum absolute atomic E-state index is 5.79. The number of hydrogen-bond donors (Lipinski definition) is 0. The number of anilines is 1. The highest BCUT2D eigenvalue weighted by atomic mass is 16.5. The summed E-state index contributed by atoms with van der Waals surface area (Å²) in [4.78, 5) is 14.6. The summed E-state index contributed by atoms with van der Waals surface area (Å²) in [6, 6.07) is 0.718. The standard InChI is InChI=1S/C22H36N4O2/c1-16-17(2)23-18(3)24-21(16)26-8-6-19-13-20(25-9-11-28-12-10-25)5-7-22(19,14-26)15-27-4/h19-20H,5-15H2,1-4H3/t19-,20-,22+/m1/s1. The summed E-state index contributed by atoms with van der Waals surface area (Å²) in [5.74, 6) is 2.74. The number of ether oxygens (including phenoxy) is 2. The molecule has 1 aliphatic carbocycles. The predicted molar refractivity (Wildman–Crippen MR) is 111 cm³/mol. The van der Waals surface area contributed by atoms with Crippen LogP contribution < -0.4 is 4.90 Å². The van der Waals surface area contributed by atoms with Gasteiger partial charge in [0.2, 0.25) is 0 Å². The van der Waals surface area contributed by atoms with Gasteiger partial charge in [0.1, 0.15) is 11.6 Å². The van der Waals surface area contributed by atoms with E-state index in [2.05, 4.69) is 28.6 Å². The van der Waals surface area contributed by atoms with Gasteiger partial charge in [0.15, 0.2) is 0 Å².